The molecule has 0 aromatic carbocycles. The summed E-state index contributed by atoms with van der Waals surface area (Å²) >= 11 is 0. The number of hydrogen-bond donors (Lipinski definition) is 1. The molecule has 0 saturated heterocycles. The van der Waals surface area contributed by atoms with Crippen LogP contribution in [0.3, 0.4) is 0 Å². The van der Waals surface area contributed by atoms with Crippen LogP contribution in [-0.2, 0) is 13.5 Å². The minimum atomic E-state index is -0.254. The number of aromatic nitrogens is 3. The lowest BCUT2D eigenvalue weighted by atomic mass is 9.94. The second kappa shape index (κ2) is 3.92. The average Bonchev–Trinajstić information content (AvgIpc) is 2.51. The SMILES string of the molecule is Cn1ncc(CC2=CC(O)CCC2)n1. The van der Waals surface area contributed by atoms with Gasteiger partial charge >= 0.3 is 0 Å². The topological polar surface area (TPSA) is 50.9 Å². The lowest BCUT2D eigenvalue weighted by Gasteiger charge is -2.15. The van der Waals surface area contributed by atoms with Crippen molar-refractivity contribution in [3.8, 4) is 0 Å². The van der Waals surface area contributed by atoms with Crippen molar-refractivity contribution >= 4 is 0 Å². The summed E-state index contributed by atoms with van der Waals surface area (Å²) in [6.07, 6.45) is 7.35. The fourth-order valence-electron chi connectivity index (χ4n) is 1.83. The Morgan fingerprint density at radius 1 is 1.64 bits per heavy atom. The van der Waals surface area contributed by atoms with Gasteiger partial charge in [-0.15, -0.1) is 0 Å². The summed E-state index contributed by atoms with van der Waals surface area (Å²) in [4.78, 5) is 1.56. The highest BCUT2D eigenvalue weighted by atomic mass is 16.3. The van der Waals surface area contributed by atoms with Crippen LogP contribution in [0.2, 0.25) is 0 Å². The van der Waals surface area contributed by atoms with Gasteiger partial charge in [0.15, 0.2) is 0 Å². The first-order valence-corrected chi connectivity index (χ1v) is 4.97. The zero-order valence-corrected chi connectivity index (χ0v) is 8.35. The molecule has 4 nitrogen and oxygen atoms in total. The monoisotopic (exact) mass is 193 g/mol. The minimum Gasteiger partial charge on any atom is -0.389 e. The predicted octanol–water partition coefficient (Wildman–Crippen LogP) is 0.829. The van der Waals surface area contributed by atoms with E-state index in [0.29, 0.717) is 0 Å². The Hall–Kier alpha value is -1.16. The largest absolute Gasteiger partial charge is 0.389 e. The van der Waals surface area contributed by atoms with Crippen molar-refractivity contribution in [2.24, 2.45) is 7.05 Å². The molecule has 0 amide bonds. The lowest BCUT2D eigenvalue weighted by Crippen LogP contribution is -2.10. The second-order valence-corrected chi connectivity index (χ2v) is 3.79. The quantitative estimate of drug-likeness (QED) is 0.708. The van der Waals surface area contributed by atoms with Gasteiger partial charge in [-0.05, 0) is 19.3 Å². The Labute approximate surface area is 83.2 Å². The third-order valence-electron chi connectivity index (χ3n) is 2.48. The predicted molar refractivity (Wildman–Crippen MR) is 52.6 cm³/mol. The fourth-order valence-corrected chi connectivity index (χ4v) is 1.83. The second-order valence-electron chi connectivity index (χ2n) is 3.79. The summed E-state index contributed by atoms with van der Waals surface area (Å²) in [5.74, 6) is 0. The van der Waals surface area contributed by atoms with Gasteiger partial charge in [0.25, 0.3) is 0 Å². The van der Waals surface area contributed by atoms with Crippen LogP contribution in [0.5, 0.6) is 0 Å². The summed E-state index contributed by atoms with van der Waals surface area (Å²) < 4.78 is 0. The highest BCUT2D eigenvalue weighted by Crippen LogP contribution is 2.20. The Kier molecular flexibility index (Phi) is 2.63. The van der Waals surface area contributed by atoms with E-state index < -0.39 is 0 Å². The molecule has 1 aliphatic carbocycles. The highest BCUT2D eigenvalue weighted by molar-refractivity contribution is 5.15. The molecule has 1 aromatic rings. The normalized spacial score (nSPS) is 22.1. The molecule has 1 atom stereocenters. The lowest BCUT2D eigenvalue weighted by molar-refractivity contribution is 0.202. The minimum absolute atomic E-state index is 0.254. The highest BCUT2D eigenvalue weighted by Gasteiger charge is 2.12. The Balaban J connectivity index is 2.03. The molecule has 1 unspecified atom stereocenters. The van der Waals surface area contributed by atoms with E-state index in [1.165, 1.54) is 5.57 Å². The van der Waals surface area contributed by atoms with E-state index in [2.05, 4.69) is 10.2 Å². The molecule has 1 aliphatic rings. The van der Waals surface area contributed by atoms with Gasteiger partial charge in [0.05, 0.1) is 18.0 Å². The van der Waals surface area contributed by atoms with E-state index in [0.717, 1.165) is 31.4 Å². The maximum Gasteiger partial charge on any atom is 0.0867 e. The summed E-state index contributed by atoms with van der Waals surface area (Å²) in [6, 6.07) is 0. The number of nitrogens with zero attached hydrogens (tertiary/aromatic N) is 3. The molecule has 0 bridgehead atoms. The first-order valence-electron chi connectivity index (χ1n) is 4.97. The van der Waals surface area contributed by atoms with Crippen molar-refractivity contribution in [2.45, 2.75) is 31.8 Å². The van der Waals surface area contributed by atoms with Crippen molar-refractivity contribution in [2.75, 3.05) is 0 Å². The number of hydrogen-bond acceptors (Lipinski definition) is 3. The molecule has 76 valence electrons. The Bertz CT molecular complexity index is 343. The zero-order valence-electron chi connectivity index (χ0n) is 8.35. The third-order valence-corrected chi connectivity index (χ3v) is 2.48. The molecule has 1 N–H and O–H groups in total. The van der Waals surface area contributed by atoms with Crippen molar-refractivity contribution in [1.82, 2.24) is 15.0 Å². The molecule has 0 aliphatic heterocycles. The van der Waals surface area contributed by atoms with Crippen LogP contribution in [0.4, 0.5) is 0 Å². The van der Waals surface area contributed by atoms with Gasteiger partial charge in [-0.2, -0.15) is 15.0 Å². The Morgan fingerprint density at radius 3 is 3.14 bits per heavy atom. The molecule has 1 aromatic heterocycles. The molecule has 1 heterocycles. The first-order chi connectivity index (χ1) is 6.74. The molecule has 0 saturated carbocycles. The molecular weight excluding hydrogens is 178 g/mol. The smallest absolute Gasteiger partial charge is 0.0867 e. The van der Waals surface area contributed by atoms with Gasteiger partial charge in [0.1, 0.15) is 0 Å². The Morgan fingerprint density at radius 2 is 2.50 bits per heavy atom. The van der Waals surface area contributed by atoms with Crippen LogP contribution in [0.1, 0.15) is 25.0 Å². The zero-order chi connectivity index (χ0) is 9.97. The van der Waals surface area contributed by atoms with Crippen molar-refractivity contribution < 1.29 is 5.11 Å². The molecule has 4 heteroatoms. The van der Waals surface area contributed by atoms with Gasteiger partial charge < -0.3 is 5.11 Å². The van der Waals surface area contributed by atoms with Crippen LogP contribution in [0.15, 0.2) is 17.8 Å². The van der Waals surface area contributed by atoms with Gasteiger partial charge in [0, 0.05) is 13.5 Å². The van der Waals surface area contributed by atoms with Gasteiger partial charge in [0.2, 0.25) is 0 Å². The fraction of sp³-hybridized carbons (Fsp3) is 0.600. The van der Waals surface area contributed by atoms with Crippen LogP contribution < -0.4 is 0 Å². The van der Waals surface area contributed by atoms with Crippen molar-refractivity contribution in [1.29, 1.82) is 0 Å². The molecule has 2 rings (SSSR count). The van der Waals surface area contributed by atoms with Gasteiger partial charge in [-0.3, -0.25) is 0 Å². The number of rotatable bonds is 2. The van der Waals surface area contributed by atoms with Crippen LogP contribution in [0, 0.1) is 0 Å². The van der Waals surface area contributed by atoms with E-state index in [1.54, 1.807) is 11.0 Å². The van der Waals surface area contributed by atoms with Gasteiger partial charge in [-0.25, -0.2) is 0 Å². The molecular formula is C10H15N3O. The van der Waals surface area contributed by atoms with Crippen molar-refractivity contribution in [3.63, 3.8) is 0 Å². The van der Waals surface area contributed by atoms with E-state index in [1.807, 2.05) is 13.1 Å². The van der Waals surface area contributed by atoms with Crippen molar-refractivity contribution in [3.05, 3.63) is 23.5 Å². The maximum absolute atomic E-state index is 9.45. The summed E-state index contributed by atoms with van der Waals surface area (Å²) in [6.45, 7) is 0. The number of aliphatic hydroxyl groups excluding tert-OH is 1. The van der Waals surface area contributed by atoms with Crippen LogP contribution in [0.25, 0.3) is 0 Å². The number of allylic oxidation sites excluding steroid dienone is 1. The molecule has 14 heavy (non-hydrogen) atoms. The number of aliphatic hydroxyl groups is 1. The average molecular weight is 193 g/mol. The molecule has 0 spiro atoms. The molecule has 0 radical (unpaired) electrons. The van der Waals surface area contributed by atoms with Crippen LogP contribution in [-0.4, -0.2) is 26.2 Å². The van der Waals surface area contributed by atoms with E-state index >= 15 is 0 Å². The standard InChI is InChI=1S/C10H15N3O/c1-13-11-7-9(12-13)5-8-3-2-4-10(14)6-8/h6-7,10,14H,2-5H2,1H3. The summed E-state index contributed by atoms with van der Waals surface area (Å²) in [5, 5.41) is 17.7. The third kappa shape index (κ3) is 2.20. The van der Waals surface area contributed by atoms with Crippen LogP contribution >= 0.6 is 0 Å². The first kappa shape index (κ1) is 9.40. The summed E-state index contributed by atoms with van der Waals surface area (Å²) in [7, 11) is 1.81. The summed E-state index contributed by atoms with van der Waals surface area (Å²) in [5.41, 5.74) is 2.26. The van der Waals surface area contributed by atoms with E-state index in [4.69, 9.17) is 0 Å². The number of aryl methyl sites for hydroxylation is 1. The maximum atomic E-state index is 9.45. The van der Waals surface area contributed by atoms with E-state index in [9.17, 15) is 5.11 Å². The molecule has 0 fully saturated rings. The van der Waals surface area contributed by atoms with Gasteiger partial charge in [-0.1, -0.05) is 11.6 Å². The van der Waals surface area contributed by atoms with E-state index in [-0.39, 0.29) is 6.10 Å².